The number of amidine groups is 2. The Morgan fingerprint density at radius 1 is 0.704 bits per heavy atom. The molecule has 0 aromatic heterocycles. The summed E-state index contributed by atoms with van der Waals surface area (Å²) in [7, 11) is 0. The molecule has 0 bridgehead atoms. The zero-order chi connectivity index (χ0) is 19.8. The summed E-state index contributed by atoms with van der Waals surface area (Å²) in [5, 5.41) is 28.0. The van der Waals surface area contributed by atoms with Crippen LogP contribution in [0.15, 0.2) is 58.8 Å². The Morgan fingerprint density at radius 2 is 1.00 bits per heavy atom. The van der Waals surface area contributed by atoms with Crippen molar-refractivity contribution in [2.45, 2.75) is 0 Å². The van der Waals surface area contributed by atoms with Crippen molar-refractivity contribution in [1.82, 2.24) is 10.6 Å². The summed E-state index contributed by atoms with van der Waals surface area (Å²) >= 11 is 0. The Kier molecular flexibility index (Phi) is 6.31. The average Bonchev–Trinajstić information content (AvgIpc) is 2.72. The predicted octanol–water partition coefficient (Wildman–Crippen LogP) is -0.00710. The Morgan fingerprint density at radius 3 is 1.30 bits per heavy atom. The number of carbonyl (C=O) groups excluding carboxylic acids is 2. The van der Waals surface area contributed by atoms with Crippen molar-refractivity contribution in [3.05, 3.63) is 70.8 Å². The van der Waals surface area contributed by atoms with E-state index < -0.39 is 11.8 Å². The van der Waals surface area contributed by atoms with Crippen LogP contribution in [0.3, 0.4) is 0 Å². The van der Waals surface area contributed by atoms with E-state index in [0.717, 1.165) is 0 Å². The Hall–Kier alpha value is -4.08. The van der Waals surface area contributed by atoms with Crippen molar-refractivity contribution in [2.24, 2.45) is 21.8 Å². The monoisotopic (exact) mass is 370 g/mol. The van der Waals surface area contributed by atoms with Crippen LogP contribution in [0.4, 0.5) is 0 Å². The first-order chi connectivity index (χ1) is 13.0. The quantitative estimate of drug-likeness (QED) is 0.137. The van der Waals surface area contributed by atoms with Gasteiger partial charge in [-0.25, -0.2) is 0 Å². The van der Waals surface area contributed by atoms with Crippen molar-refractivity contribution < 1.29 is 20.0 Å². The molecule has 0 spiro atoms. The van der Waals surface area contributed by atoms with Crippen LogP contribution in [0.25, 0.3) is 0 Å². The predicted molar refractivity (Wildman–Crippen MR) is 97.7 cm³/mol. The highest BCUT2D eigenvalue weighted by molar-refractivity contribution is 6.00. The molecule has 0 saturated carbocycles. The summed E-state index contributed by atoms with van der Waals surface area (Å²) in [6, 6.07) is 12.2. The zero-order valence-electron chi connectivity index (χ0n) is 14.1. The van der Waals surface area contributed by atoms with Gasteiger partial charge >= 0.3 is 0 Å². The number of nitrogens with two attached hydrogens (primary N) is 2. The Bertz CT molecular complexity index is 802. The lowest BCUT2D eigenvalue weighted by atomic mass is 10.1. The molecule has 0 aliphatic heterocycles. The third kappa shape index (κ3) is 4.95. The fourth-order valence-corrected chi connectivity index (χ4v) is 2.11. The summed E-state index contributed by atoms with van der Waals surface area (Å²) in [5.41, 5.74) is 12.5. The number of oxime groups is 2. The van der Waals surface area contributed by atoms with Gasteiger partial charge < -0.3 is 32.5 Å². The maximum absolute atomic E-state index is 12.0. The first-order valence-corrected chi connectivity index (χ1v) is 7.68. The van der Waals surface area contributed by atoms with E-state index in [9.17, 15) is 9.59 Å². The largest absolute Gasteiger partial charge is 0.409 e. The third-order valence-corrected chi connectivity index (χ3v) is 3.60. The topological polar surface area (TPSA) is 175 Å². The van der Waals surface area contributed by atoms with Gasteiger partial charge in [-0.3, -0.25) is 9.59 Å². The van der Waals surface area contributed by atoms with Crippen LogP contribution in [-0.4, -0.2) is 40.6 Å². The number of amides is 2. The maximum atomic E-state index is 12.0. The summed E-state index contributed by atoms with van der Waals surface area (Å²) in [6.07, 6.45) is 0. The van der Waals surface area contributed by atoms with Gasteiger partial charge in [0, 0.05) is 22.3 Å². The molecule has 2 aromatic carbocycles. The molecule has 0 heterocycles. The van der Waals surface area contributed by atoms with Gasteiger partial charge in [-0.15, -0.1) is 0 Å². The summed E-state index contributed by atoms with van der Waals surface area (Å²) in [4.78, 5) is 24.1. The standard InChI is InChI=1S/C17H18N6O4/c18-14(22-26)10-1-5-12(6-2-10)16(24)20-9-21-17(25)13-7-3-11(4-8-13)15(19)23-27/h1-8,26-27H,9H2,(H2,18,22)(H2,19,23)(H,20,24)(H,21,25). The number of rotatable bonds is 6. The molecule has 0 atom stereocenters. The molecule has 0 unspecified atom stereocenters. The van der Waals surface area contributed by atoms with Gasteiger partial charge in [0.25, 0.3) is 11.8 Å². The van der Waals surface area contributed by atoms with Crippen molar-refractivity contribution in [3.63, 3.8) is 0 Å². The molecule has 10 heteroatoms. The highest BCUT2D eigenvalue weighted by atomic mass is 16.4. The van der Waals surface area contributed by atoms with Crippen LogP contribution in [0.2, 0.25) is 0 Å². The van der Waals surface area contributed by atoms with Gasteiger partial charge in [0.05, 0.1) is 6.67 Å². The minimum atomic E-state index is -0.399. The van der Waals surface area contributed by atoms with E-state index in [4.69, 9.17) is 21.9 Å². The number of nitrogens with zero attached hydrogens (tertiary/aromatic N) is 2. The third-order valence-electron chi connectivity index (χ3n) is 3.60. The molecular formula is C17H18N6O4. The number of nitrogens with one attached hydrogen (secondary N) is 2. The Labute approximate surface area is 154 Å². The maximum Gasteiger partial charge on any atom is 0.252 e. The highest BCUT2D eigenvalue weighted by Crippen LogP contribution is 2.05. The second-order valence-corrected chi connectivity index (χ2v) is 5.31. The first kappa shape index (κ1) is 19.2. The van der Waals surface area contributed by atoms with Gasteiger partial charge in [0.2, 0.25) is 0 Å². The molecular weight excluding hydrogens is 352 g/mol. The molecule has 10 nitrogen and oxygen atoms in total. The van der Waals surface area contributed by atoms with Gasteiger partial charge in [-0.05, 0) is 24.3 Å². The van der Waals surface area contributed by atoms with Crippen LogP contribution in [0, 0.1) is 0 Å². The number of hydrogen-bond donors (Lipinski definition) is 6. The number of hydrogen-bond acceptors (Lipinski definition) is 6. The van der Waals surface area contributed by atoms with Crippen LogP contribution in [0.1, 0.15) is 31.8 Å². The van der Waals surface area contributed by atoms with Gasteiger partial charge in [-0.1, -0.05) is 34.6 Å². The first-order valence-electron chi connectivity index (χ1n) is 7.68. The van der Waals surface area contributed by atoms with E-state index in [-0.39, 0.29) is 18.3 Å². The molecule has 0 radical (unpaired) electrons. The Balaban J connectivity index is 1.88. The lowest BCUT2D eigenvalue weighted by molar-refractivity contribution is 0.0920. The van der Waals surface area contributed by atoms with Crippen LogP contribution >= 0.6 is 0 Å². The summed E-state index contributed by atoms with van der Waals surface area (Å²) in [6.45, 7) is -0.0817. The van der Waals surface area contributed by atoms with Crippen LogP contribution < -0.4 is 22.1 Å². The SMILES string of the molecule is N/C(=N\O)c1ccc(C(=O)NCNC(=O)c2ccc(/C(N)=N\O)cc2)cc1. The van der Waals surface area contributed by atoms with Gasteiger partial charge in [0.1, 0.15) is 0 Å². The van der Waals surface area contributed by atoms with E-state index in [2.05, 4.69) is 20.9 Å². The molecule has 0 aliphatic rings. The van der Waals surface area contributed by atoms with Crippen molar-refractivity contribution >= 4 is 23.5 Å². The molecule has 140 valence electrons. The molecule has 0 saturated heterocycles. The van der Waals surface area contributed by atoms with Crippen molar-refractivity contribution in [1.29, 1.82) is 0 Å². The fraction of sp³-hybridized carbons (Fsp3) is 0.0588. The number of benzene rings is 2. The average molecular weight is 370 g/mol. The second kappa shape index (κ2) is 8.85. The summed E-state index contributed by atoms with van der Waals surface area (Å²) < 4.78 is 0. The summed E-state index contributed by atoms with van der Waals surface area (Å²) in [5.74, 6) is -0.924. The van der Waals surface area contributed by atoms with E-state index in [1.165, 1.54) is 48.5 Å². The highest BCUT2D eigenvalue weighted by Gasteiger charge is 2.09. The lowest BCUT2D eigenvalue weighted by Crippen LogP contribution is -2.37. The molecule has 27 heavy (non-hydrogen) atoms. The second-order valence-electron chi connectivity index (χ2n) is 5.31. The molecule has 8 N–H and O–H groups in total. The minimum absolute atomic E-state index is 0.0627. The molecule has 2 rings (SSSR count). The van der Waals surface area contributed by atoms with Crippen molar-refractivity contribution in [3.8, 4) is 0 Å². The zero-order valence-corrected chi connectivity index (χ0v) is 14.1. The molecule has 2 aromatic rings. The normalized spacial score (nSPS) is 11.7. The molecule has 0 aliphatic carbocycles. The number of carbonyl (C=O) groups is 2. The van der Waals surface area contributed by atoms with Crippen LogP contribution in [0.5, 0.6) is 0 Å². The lowest BCUT2D eigenvalue weighted by Gasteiger charge is -2.08. The van der Waals surface area contributed by atoms with Gasteiger partial charge in [0.15, 0.2) is 11.7 Å². The molecule has 2 amide bonds. The van der Waals surface area contributed by atoms with E-state index >= 15 is 0 Å². The molecule has 0 fully saturated rings. The van der Waals surface area contributed by atoms with Crippen LogP contribution in [-0.2, 0) is 0 Å². The van der Waals surface area contributed by atoms with E-state index in [0.29, 0.717) is 22.3 Å². The van der Waals surface area contributed by atoms with Crippen molar-refractivity contribution in [2.75, 3.05) is 6.67 Å². The minimum Gasteiger partial charge on any atom is -0.409 e. The fourth-order valence-electron chi connectivity index (χ4n) is 2.11. The van der Waals surface area contributed by atoms with E-state index in [1.807, 2.05) is 0 Å². The van der Waals surface area contributed by atoms with Gasteiger partial charge in [-0.2, -0.15) is 0 Å². The smallest absolute Gasteiger partial charge is 0.252 e. The van der Waals surface area contributed by atoms with E-state index in [1.54, 1.807) is 0 Å².